The fourth-order valence-corrected chi connectivity index (χ4v) is 3.64. The van der Waals surface area contributed by atoms with Crippen molar-refractivity contribution in [2.24, 2.45) is 0 Å². The average molecular weight is 404 g/mol. The summed E-state index contributed by atoms with van der Waals surface area (Å²) in [6.45, 7) is 4.10. The van der Waals surface area contributed by atoms with Gasteiger partial charge in [-0.05, 0) is 42.7 Å². The van der Waals surface area contributed by atoms with Gasteiger partial charge < -0.3 is 5.32 Å². The van der Waals surface area contributed by atoms with Crippen molar-refractivity contribution in [2.45, 2.75) is 25.4 Å². The van der Waals surface area contributed by atoms with E-state index in [0.29, 0.717) is 10.8 Å². The number of amides is 1. The molecule has 0 aliphatic heterocycles. The Balaban J connectivity index is 1.50. The van der Waals surface area contributed by atoms with Crippen LogP contribution in [0.1, 0.15) is 18.1 Å². The van der Waals surface area contributed by atoms with Crippen molar-refractivity contribution in [3.8, 4) is 11.3 Å². The fourth-order valence-electron chi connectivity index (χ4n) is 2.95. The molecule has 6 nitrogen and oxygen atoms in total. The molecule has 0 aliphatic rings. The number of anilines is 1. The zero-order valence-electron chi connectivity index (χ0n) is 16.3. The van der Waals surface area contributed by atoms with Gasteiger partial charge in [-0.1, -0.05) is 61.2 Å². The second kappa shape index (κ2) is 8.45. The summed E-state index contributed by atoms with van der Waals surface area (Å²) in [6, 6.07) is 19.9. The van der Waals surface area contributed by atoms with E-state index in [1.165, 1.54) is 17.3 Å². The number of nitrogens with zero attached hydrogens (tertiary/aromatic N) is 4. The Bertz CT molecular complexity index is 1150. The normalized spacial score (nSPS) is 11.0. The fraction of sp³-hybridized carbons (Fsp3) is 0.182. The topological polar surface area (TPSA) is 72.2 Å². The monoisotopic (exact) mass is 403 g/mol. The first-order valence-corrected chi connectivity index (χ1v) is 10.4. The van der Waals surface area contributed by atoms with Crippen molar-refractivity contribution in [2.75, 3.05) is 11.1 Å². The van der Waals surface area contributed by atoms with Crippen LogP contribution in [0, 0.1) is 6.92 Å². The van der Waals surface area contributed by atoms with Crippen molar-refractivity contribution in [1.82, 2.24) is 19.8 Å². The molecule has 146 valence electrons. The smallest absolute Gasteiger partial charge is 0.234 e. The lowest BCUT2D eigenvalue weighted by Crippen LogP contribution is -2.15. The summed E-state index contributed by atoms with van der Waals surface area (Å²) in [7, 11) is 0. The zero-order chi connectivity index (χ0) is 20.2. The molecule has 2 heterocycles. The van der Waals surface area contributed by atoms with Gasteiger partial charge in [0.2, 0.25) is 11.1 Å². The lowest BCUT2D eigenvalue weighted by molar-refractivity contribution is -0.113. The Morgan fingerprint density at radius 2 is 1.83 bits per heavy atom. The predicted molar refractivity (Wildman–Crippen MR) is 116 cm³/mol. The van der Waals surface area contributed by atoms with Crippen LogP contribution in [0.2, 0.25) is 0 Å². The number of nitrogens with one attached hydrogen (secondary N) is 1. The van der Waals surface area contributed by atoms with Crippen molar-refractivity contribution in [3.05, 3.63) is 71.8 Å². The van der Waals surface area contributed by atoms with E-state index in [4.69, 9.17) is 0 Å². The summed E-state index contributed by atoms with van der Waals surface area (Å²) in [5, 5.41) is 16.5. The van der Waals surface area contributed by atoms with Crippen LogP contribution in [-0.2, 0) is 11.2 Å². The molecule has 0 atom stereocenters. The highest BCUT2D eigenvalue weighted by molar-refractivity contribution is 7.99. The minimum atomic E-state index is -0.0904. The lowest BCUT2D eigenvalue weighted by Gasteiger charge is -2.07. The Hall–Kier alpha value is -3.19. The van der Waals surface area contributed by atoms with Gasteiger partial charge >= 0.3 is 0 Å². The first-order valence-electron chi connectivity index (χ1n) is 9.44. The molecule has 1 N–H and O–H groups in total. The van der Waals surface area contributed by atoms with Gasteiger partial charge in [0, 0.05) is 11.3 Å². The minimum absolute atomic E-state index is 0.0904. The van der Waals surface area contributed by atoms with Gasteiger partial charge in [-0.25, -0.2) is 0 Å². The maximum atomic E-state index is 12.3. The van der Waals surface area contributed by atoms with Crippen molar-refractivity contribution in [3.63, 3.8) is 0 Å². The maximum absolute atomic E-state index is 12.3. The number of benzene rings is 2. The van der Waals surface area contributed by atoms with E-state index in [-0.39, 0.29) is 11.7 Å². The first-order chi connectivity index (χ1) is 14.1. The molecular weight excluding hydrogens is 382 g/mol. The van der Waals surface area contributed by atoms with Gasteiger partial charge in [0.05, 0.1) is 11.4 Å². The molecule has 2 aromatic carbocycles. The second-order valence-corrected chi connectivity index (χ2v) is 7.62. The highest BCUT2D eigenvalue weighted by atomic mass is 32.2. The average Bonchev–Trinajstić information content (AvgIpc) is 3.16. The summed E-state index contributed by atoms with van der Waals surface area (Å²) in [4.78, 5) is 12.3. The number of thioether (sulfide) groups is 1. The first kappa shape index (κ1) is 19.1. The van der Waals surface area contributed by atoms with E-state index in [1.54, 1.807) is 4.52 Å². The largest absolute Gasteiger partial charge is 0.325 e. The summed E-state index contributed by atoms with van der Waals surface area (Å²) >= 11 is 1.31. The molecule has 4 aromatic rings. The van der Waals surface area contributed by atoms with Crippen LogP contribution in [0.25, 0.3) is 16.9 Å². The summed E-state index contributed by atoms with van der Waals surface area (Å²) in [5.41, 5.74) is 5.66. The molecular formula is C22H21N5OS. The predicted octanol–water partition coefficient (Wildman–Crippen LogP) is 4.39. The van der Waals surface area contributed by atoms with Crippen molar-refractivity contribution in [1.29, 1.82) is 0 Å². The molecule has 1 amide bonds. The molecule has 0 aliphatic carbocycles. The molecule has 0 saturated heterocycles. The number of hydrogen-bond donors (Lipinski definition) is 1. The van der Waals surface area contributed by atoms with Crippen LogP contribution < -0.4 is 5.32 Å². The number of aryl methyl sites for hydroxylation is 2. The number of para-hydroxylation sites is 1. The molecule has 0 fully saturated rings. The van der Waals surface area contributed by atoms with E-state index in [1.807, 2.05) is 43.3 Å². The van der Waals surface area contributed by atoms with Crippen LogP contribution in [-0.4, -0.2) is 31.5 Å². The summed E-state index contributed by atoms with van der Waals surface area (Å²) < 4.78 is 1.69. The second-order valence-electron chi connectivity index (χ2n) is 6.67. The van der Waals surface area contributed by atoms with Gasteiger partial charge in [0.1, 0.15) is 0 Å². The Morgan fingerprint density at radius 3 is 2.59 bits per heavy atom. The van der Waals surface area contributed by atoms with Crippen LogP contribution in [0.3, 0.4) is 0 Å². The number of hydrogen-bond acceptors (Lipinski definition) is 5. The standard InChI is InChI=1S/C22H21N5OS/c1-3-16-8-10-17(11-9-16)19-12-13-20-24-25-22(27(20)26-19)29-14-21(28)23-18-7-5-4-6-15(18)2/h4-13H,3,14H2,1-2H3,(H,23,28). The molecule has 4 rings (SSSR count). The SMILES string of the molecule is CCc1ccc(-c2ccc3nnc(SCC(=O)Nc4ccccc4C)n3n2)cc1. The highest BCUT2D eigenvalue weighted by Gasteiger charge is 2.12. The van der Waals surface area contributed by atoms with Crippen LogP contribution >= 0.6 is 11.8 Å². The zero-order valence-corrected chi connectivity index (χ0v) is 17.1. The molecule has 0 bridgehead atoms. The molecule has 0 radical (unpaired) electrons. The number of carbonyl (C=O) groups is 1. The molecule has 7 heteroatoms. The molecule has 2 aromatic heterocycles. The van der Waals surface area contributed by atoms with Crippen LogP contribution in [0.5, 0.6) is 0 Å². The van der Waals surface area contributed by atoms with E-state index < -0.39 is 0 Å². The number of aromatic nitrogens is 4. The molecule has 0 spiro atoms. The Labute approximate surface area is 173 Å². The van der Waals surface area contributed by atoms with Gasteiger partial charge in [-0.3, -0.25) is 4.79 Å². The maximum Gasteiger partial charge on any atom is 0.234 e. The quantitative estimate of drug-likeness (QED) is 0.483. The van der Waals surface area contributed by atoms with Gasteiger partial charge in [-0.15, -0.1) is 10.2 Å². The number of rotatable bonds is 6. The minimum Gasteiger partial charge on any atom is -0.325 e. The van der Waals surface area contributed by atoms with E-state index in [2.05, 4.69) is 51.8 Å². The molecule has 0 saturated carbocycles. The van der Waals surface area contributed by atoms with E-state index in [9.17, 15) is 4.79 Å². The van der Waals surface area contributed by atoms with E-state index in [0.717, 1.165) is 28.9 Å². The van der Waals surface area contributed by atoms with Gasteiger partial charge in [0.15, 0.2) is 5.65 Å². The van der Waals surface area contributed by atoms with E-state index >= 15 is 0 Å². The third-order valence-electron chi connectivity index (χ3n) is 4.64. The van der Waals surface area contributed by atoms with Crippen LogP contribution in [0.4, 0.5) is 5.69 Å². The Morgan fingerprint density at radius 1 is 1.03 bits per heavy atom. The van der Waals surface area contributed by atoms with Crippen LogP contribution in [0.15, 0.2) is 65.8 Å². The van der Waals surface area contributed by atoms with Gasteiger partial charge in [-0.2, -0.15) is 9.61 Å². The summed E-state index contributed by atoms with van der Waals surface area (Å²) in [6.07, 6.45) is 1.00. The summed E-state index contributed by atoms with van der Waals surface area (Å²) in [5.74, 6) is 0.138. The van der Waals surface area contributed by atoms with Gasteiger partial charge in [0.25, 0.3) is 0 Å². The highest BCUT2D eigenvalue weighted by Crippen LogP contribution is 2.22. The number of fused-ring (bicyclic) bond motifs is 1. The third-order valence-corrected chi connectivity index (χ3v) is 5.56. The molecule has 0 unspecified atom stereocenters. The lowest BCUT2D eigenvalue weighted by atomic mass is 10.1. The van der Waals surface area contributed by atoms with Crippen molar-refractivity contribution >= 4 is 29.0 Å². The third kappa shape index (κ3) is 4.30. The van der Waals surface area contributed by atoms with Crippen molar-refractivity contribution < 1.29 is 4.79 Å². The Kier molecular flexibility index (Phi) is 5.57. The molecule has 29 heavy (non-hydrogen) atoms. The number of carbonyl (C=O) groups excluding carboxylic acids is 1.